The second-order valence-electron chi connectivity index (χ2n) is 7.73. The van der Waals surface area contributed by atoms with Crippen LogP contribution in [0.15, 0.2) is 83.3 Å². The maximum absolute atomic E-state index is 11.8. The fourth-order valence-corrected chi connectivity index (χ4v) is 4.51. The number of oxazole rings is 1. The number of benzene rings is 4. The molecular formula is C27H18Cl2N2O3. The first-order valence-electron chi connectivity index (χ1n) is 10.5. The van der Waals surface area contributed by atoms with E-state index in [0.29, 0.717) is 21.2 Å². The second kappa shape index (κ2) is 8.86. The van der Waals surface area contributed by atoms with E-state index in [2.05, 4.69) is 10.3 Å². The Hall–Kier alpha value is -3.80. The van der Waals surface area contributed by atoms with Crippen molar-refractivity contribution in [3.63, 3.8) is 0 Å². The Bertz CT molecular complexity index is 1530. The number of aromatic nitrogens is 1. The monoisotopic (exact) mass is 488 g/mol. The highest BCUT2D eigenvalue weighted by molar-refractivity contribution is 6.39. The summed E-state index contributed by atoms with van der Waals surface area (Å²) in [6, 6.07) is 24.4. The third-order valence-corrected chi connectivity index (χ3v) is 6.08. The van der Waals surface area contributed by atoms with Crippen LogP contribution in [-0.2, 0) is 4.79 Å². The van der Waals surface area contributed by atoms with E-state index >= 15 is 0 Å². The maximum Gasteiger partial charge on any atom is 0.233 e. The van der Waals surface area contributed by atoms with Gasteiger partial charge in [-0.2, -0.15) is 0 Å². The van der Waals surface area contributed by atoms with Gasteiger partial charge in [-0.25, -0.2) is 4.98 Å². The molecule has 5 aromatic rings. The molecule has 0 atom stereocenters. The molecule has 0 unspecified atom stereocenters. The van der Waals surface area contributed by atoms with Crippen LogP contribution in [0.5, 0.6) is 5.75 Å². The molecule has 34 heavy (non-hydrogen) atoms. The number of phenolic OH excluding ortho intramolecular Hbond substituents is 1. The number of halogens is 2. The number of rotatable bonds is 4. The molecule has 5 rings (SSSR count). The number of anilines is 1. The van der Waals surface area contributed by atoms with Crippen molar-refractivity contribution in [1.82, 2.24) is 4.98 Å². The molecule has 0 aliphatic carbocycles. The lowest BCUT2D eigenvalue weighted by Crippen LogP contribution is -2.06. The van der Waals surface area contributed by atoms with Crippen molar-refractivity contribution in [2.75, 3.05) is 5.32 Å². The first-order chi connectivity index (χ1) is 16.4. The van der Waals surface area contributed by atoms with E-state index in [1.54, 1.807) is 30.3 Å². The number of fused-ring (bicyclic) bond motifs is 1. The van der Waals surface area contributed by atoms with Gasteiger partial charge in [0.1, 0.15) is 11.4 Å². The molecule has 0 aliphatic rings. The smallest absolute Gasteiger partial charge is 0.233 e. The zero-order valence-corrected chi connectivity index (χ0v) is 19.5. The zero-order chi connectivity index (χ0) is 23.8. The average molecular weight is 489 g/mol. The summed E-state index contributed by atoms with van der Waals surface area (Å²) < 4.78 is 5.85. The number of carbonyl (C=O) groups excluding carboxylic acids is 1. The minimum absolute atomic E-state index is 0.0159. The van der Waals surface area contributed by atoms with Crippen LogP contribution in [0.1, 0.15) is 6.92 Å². The zero-order valence-electron chi connectivity index (χ0n) is 18.0. The van der Waals surface area contributed by atoms with E-state index in [0.717, 1.165) is 21.9 Å². The van der Waals surface area contributed by atoms with Crippen molar-refractivity contribution in [1.29, 1.82) is 0 Å². The highest BCUT2D eigenvalue weighted by atomic mass is 35.5. The minimum Gasteiger partial charge on any atom is -0.507 e. The van der Waals surface area contributed by atoms with Gasteiger partial charge in [0.05, 0.1) is 15.6 Å². The van der Waals surface area contributed by atoms with E-state index in [1.807, 2.05) is 48.5 Å². The van der Waals surface area contributed by atoms with Gasteiger partial charge in [0.2, 0.25) is 17.7 Å². The molecule has 0 fully saturated rings. The lowest BCUT2D eigenvalue weighted by molar-refractivity contribution is -0.114. The average Bonchev–Trinajstić information content (AvgIpc) is 3.20. The largest absolute Gasteiger partial charge is 0.507 e. The Balaban J connectivity index is 1.62. The second-order valence-corrected chi connectivity index (χ2v) is 8.55. The SMILES string of the molecule is CC(=O)Nc1oc(-c2ccc(-c3cccc4ccccc34)cc2O)nc1-c1c(Cl)cccc1Cl. The van der Waals surface area contributed by atoms with Crippen LogP contribution in [-0.4, -0.2) is 16.0 Å². The lowest BCUT2D eigenvalue weighted by atomic mass is 9.97. The first kappa shape index (κ1) is 22.0. The normalized spacial score (nSPS) is 11.0. The van der Waals surface area contributed by atoms with E-state index in [-0.39, 0.29) is 29.1 Å². The van der Waals surface area contributed by atoms with Crippen LogP contribution < -0.4 is 5.32 Å². The van der Waals surface area contributed by atoms with Crippen molar-refractivity contribution < 1.29 is 14.3 Å². The van der Waals surface area contributed by atoms with Crippen molar-refractivity contribution >= 4 is 45.8 Å². The molecule has 0 spiro atoms. The van der Waals surface area contributed by atoms with Crippen molar-refractivity contribution in [2.45, 2.75) is 6.92 Å². The predicted octanol–water partition coefficient (Wildman–Crippen LogP) is 7.80. The molecule has 0 radical (unpaired) electrons. The Morgan fingerprint density at radius 1 is 0.912 bits per heavy atom. The van der Waals surface area contributed by atoms with Gasteiger partial charge >= 0.3 is 0 Å². The Morgan fingerprint density at radius 2 is 1.62 bits per heavy atom. The Kier molecular flexibility index (Phi) is 5.74. The van der Waals surface area contributed by atoms with Crippen molar-refractivity contribution in [3.8, 4) is 39.6 Å². The molecule has 0 bridgehead atoms. The number of nitrogens with zero attached hydrogens (tertiary/aromatic N) is 1. The topological polar surface area (TPSA) is 75.4 Å². The maximum atomic E-state index is 11.8. The summed E-state index contributed by atoms with van der Waals surface area (Å²) in [6.07, 6.45) is 0. The molecule has 0 saturated heterocycles. The molecule has 1 heterocycles. The van der Waals surface area contributed by atoms with Crippen LogP contribution >= 0.6 is 23.2 Å². The minimum atomic E-state index is -0.345. The molecular weight excluding hydrogens is 471 g/mol. The molecule has 7 heteroatoms. The van der Waals surface area contributed by atoms with Crippen molar-refractivity contribution in [3.05, 3.63) is 88.9 Å². The van der Waals surface area contributed by atoms with E-state index < -0.39 is 0 Å². The van der Waals surface area contributed by atoms with Gasteiger partial charge < -0.3 is 9.52 Å². The number of phenols is 1. The van der Waals surface area contributed by atoms with Crippen LogP contribution in [0.2, 0.25) is 10.0 Å². The first-order valence-corrected chi connectivity index (χ1v) is 11.2. The highest BCUT2D eigenvalue weighted by Gasteiger charge is 2.23. The highest BCUT2D eigenvalue weighted by Crippen LogP contribution is 2.42. The fourth-order valence-electron chi connectivity index (χ4n) is 3.93. The quantitative estimate of drug-likeness (QED) is 0.270. The third kappa shape index (κ3) is 4.00. The van der Waals surface area contributed by atoms with Crippen molar-refractivity contribution in [2.24, 2.45) is 0 Å². The summed E-state index contributed by atoms with van der Waals surface area (Å²) >= 11 is 12.7. The summed E-state index contributed by atoms with van der Waals surface area (Å²) in [5.74, 6) is -0.146. The van der Waals surface area contributed by atoms with Crippen LogP contribution in [0.4, 0.5) is 5.88 Å². The number of nitrogens with one attached hydrogen (secondary N) is 1. The van der Waals surface area contributed by atoms with Crippen LogP contribution in [0.3, 0.4) is 0 Å². The van der Waals surface area contributed by atoms with E-state index in [9.17, 15) is 9.90 Å². The molecule has 0 aliphatic heterocycles. The number of hydrogen-bond donors (Lipinski definition) is 2. The van der Waals surface area contributed by atoms with E-state index in [1.165, 1.54) is 6.92 Å². The van der Waals surface area contributed by atoms with Crippen LogP contribution in [0, 0.1) is 0 Å². The molecule has 5 nitrogen and oxygen atoms in total. The number of carbonyl (C=O) groups is 1. The standard InChI is InChI=1S/C27H18Cl2N2O3/c1-15(32)30-27-25(24-21(28)10-5-11-22(24)29)31-26(34-27)20-13-12-17(14-23(20)33)19-9-4-7-16-6-2-3-8-18(16)19/h2-14,33H,1H3,(H,30,32). The summed E-state index contributed by atoms with van der Waals surface area (Å²) in [4.78, 5) is 16.3. The number of hydrogen-bond acceptors (Lipinski definition) is 4. The summed E-state index contributed by atoms with van der Waals surface area (Å²) in [6.45, 7) is 1.36. The molecule has 1 aromatic heterocycles. The molecule has 2 N–H and O–H groups in total. The summed E-state index contributed by atoms with van der Waals surface area (Å²) in [7, 11) is 0. The van der Waals surface area contributed by atoms with Gasteiger partial charge in [0.25, 0.3) is 0 Å². The van der Waals surface area contributed by atoms with Gasteiger partial charge in [-0.15, -0.1) is 0 Å². The predicted molar refractivity (Wildman–Crippen MR) is 136 cm³/mol. The fraction of sp³-hybridized carbons (Fsp3) is 0.0370. The molecule has 1 amide bonds. The Labute approximate surface area is 205 Å². The summed E-state index contributed by atoms with van der Waals surface area (Å²) in [5, 5.41) is 16.4. The Morgan fingerprint density at radius 3 is 2.35 bits per heavy atom. The number of amides is 1. The molecule has 0 saturated carbocycles. The van der Waals surface area contributed by atoms with Gasteiger partial charge in [-0.1, -0.05) is 77.8 Å². The molecule has 4 aromatic carbocycles. The third-order valence-electron chi connectivity index (χ3n) is 5.45. The summed E-state index contributed by atoms with van der Waals surface area (Å²) in [5.41, 5.74) is 2.91. The molecule has 168 valence electrons. The van der Waals surface area contributed by atoms with E-state index in [4.69, 9.17) is 27.6 Å². The lowest BCUT2D eigenvalue weighted by Gasteiger charge is -2.09. The number of aromatic hydroxyl groups is 1. The van der Waals surface area contributed by atoms with Gasteiger partial charge in [0, 0.05) is 12.5 Å². The van der Waals surface area contributed by atoms with Gasteiger partial charge in [-0.05, 0) is 46.2 Å². The van der Waals surface area contributed by atoms with Gasteiger partial charge in [-0.3, -0.25) is 10.1 Å². The van der Waals surface area contributed by atoms with Gasteiger partial charge in [0.15, 0.2) is 0 Å². The van der Waals surface area contributed by atoms with Crippen LogP contribution in [0.25, 0.3) is 44.6 Å².